The van der Waals surface area contributed by atoms with Crippen molar-refractivity contribution in [3.63, 3.8) is 0 Å². The van der Waals surface area contributed by atoms with Crippen molar-refractivity contribution in [3.05, 3.63) is 60.2 Å². The number of rotatable bonds is 7. The molecule has 1 N–H and O–H groups in total. The zero-order chi connectivity index (χ0) is 17.4. The maximum atomic E-state index is 11.9. The molecule has 1 amide bonds. The van der Waals surface area contributed by atoms with Gasteiger partial charge in [-0.1, -0.05) is 30.3 Å². The van der Waals surface area contributed by atoms with Crippen molar-refractivity contribution in [1.29, 1.82) is 0 Å². The number of carboxylic acid groups (broad SMARTS) is 1. The van der Waals surface area contributed by atoms with Gasteiger partial charge in [0.05, 0.1) is 13.1 Å². The number of hydrogen-bond donors (Lipinski definition) is 1. The van der Waals surface area contributed by atoms with E-state index in [1.165, 1.54) is 13.2 Å². The summed E-state index contributed by atoms with van der Waals surface area (Å²) in [5, 5.41) is 13.1. The second kappa shape index (κ2) is 8.38. The van der Waals surface area contributed by atoms with Crippen LogP contribution in [0.1, 0.15) is 5.56 Å². The van der Waals surface area contributed by atoms with Crippen molar-refractivity contribution >= 4 is 23.6 Å². The van der Waals surface area contributed by atoms with E-state index in [4.69, 9.17) is 9.47 Å². The Morgan fingerprint density at radius 3 is 2.54 bits per heavy atom. The number of nitrogens with one attached hydrogen (secondary N) is 1. The first-order valence-electron chi connectivity index (χ1n) is 7.13. The van der Waals surface area contributed by atoms with Gasteiger partial charge in [-0.25, -0.2) is 0 Å². The van der Waals surface area contributed by atoms with Crippen LogP contribution in [0.4, 0.5) is 5.69 Å². The first-order valence-corrected chi connectivity index (χ1v) is 7.13. The Morgan fingerprint density at radius 2 is 1.88 bits per heavy atom. The molecule has 124 valence electrons. The molecule has 0 bridgehead atoms. The van der Waals surface area contributed by atoms with E-state index in [9.17, 15) is 14.7 Å². The lowest BCUT2D eigenvalue weighted by atomic mass is 10.2. The second-order valence-electron chi connectivity index (χ2n) is 4.77. The van der Waals surface area contributed by atoms with Crippen LogP contribution >= 0.6 is 0 Å². The summed E-state index contributed by atoms with van der Waals surface area (Å²) in [4.78, 5) is 22.3. The van der Waals surface area contributed by atoms with Crippen LogP contribution in [0.15, 0.2) is 54.6 Å². The van der Waals surface area contributed by atoms with Gasteiger partial charge in [0.15, 0.2) is 18.1 Å². The van der Waals surface area contributed by atoms with Gasteiger partial charge >= 0.3 is 0 Å². The molecule has 0 spiro atoms. The van der Waals surface area contributed by atoms with Gasteiger partial charge < -0.3 is 24.7 Å². The maximum Gasteiger partial charge on any atom is 0.262 e. The van der Waals surface area contributed by atoms with Crippen molar-refractivity contribution in [2.75, 3.05) is 19.0 Å². The molecule has 0 saturated carbocycles. The van der Waals surface area contributed by atoms with E-state index in [1.54, 1.807) is 30.3 Å². The summed E-state index contributed by atoms with van der Waals surface area (Å²) < 4.78 is 10.6. The van der Waals surface area contributed by atoms with Crippen molar-refractivity contribution in [3.8, 4) is 11.5 Å². The molecule has 0 radical (unpaired) electrons. The number of methoxy groups -OCH3 is 1. The highest BCUT2D eigenvalue weighted by molar-refractivity contribution is 5.91. The number of hydrogen-bond acceptors (Lipinski definition) is 5. The zero-order valence-corrected chi connectivity index (χ0v) is 13.0. The largest absolute Gasteiger partial charge is 0.545 e. The number of carbonyl (C=O) groups excluding carboxylic acids is 2. The molecule has 2 aromatic carbocycles. The smallest absolute Gasteiger partial charge is 0.262 e. The monoisotopic (exact) mass is 326 g/mol. The average Bonchev–Trinajstić information content (AvgIpc) is 2.59. The molecule has 0 aliphatic heterocycles. The Labute approximate surface area is 139 Å². The van der Waals surface area contributed by atoms with Crippen LogP contribution in [0, 0.1) is 0 Å². The molecular formula is C18H16NO5-. The van der Waals surface area contributed by atoms with Gasteiger partial charge in [0, 0.05) is 5.69 Å². The Balaban J connectivity index is 1.99. The van der Waals surface area contributed by atoms with E-state index < -0.39 is 5.97 Å². The average molecular weight is 326 g/mol. The molecule has 24 heavy (non-hydrogen) atoms. The molecule has 6 nitrogen and oxygen atoms in total. The maximum absolute atomic E-state index is 11.9. The summed E-state index contributed by atoms with van der Waals surface area (Å²) in [6.07, 6.45) is 2.30. The number of ether oxygens (including phenoxy) is 2. The molecule has 0 aliphatic carbocycles. The first kappa shape index (κ1) is 17.1. The van der Waals surface area contributed by atoms with Crippen LogP contribution < -0.4 is 19.9 Å². The van der Waals surface area contributed by atoms with E-state index in [1.807, 2.05) is 18.2 Å². The van der Waals surface area contributed by atoms with Crippen molar-refractivity contribution < 1.29 is 24.2 Å². The summed E-state index contributed by atoms with van der Waals surface area (Å²) >= 11 is 0. The topological polar surface area (TPSA) is 87.7 Å². The van der Waals surface area contributed by atoms with Crippen LogP contribution in [0.5, 0.6) is 11.5 Å². The van der Waals surface area contributed by atoms with Crippen molar-refractivity contribution in [2.45, 2.75) is 0 Å². The number of carboxylic acids is 1. The fourth-order valence-electron chi connectivity index (χ4n) is 1.93. The molecule has 2 aromatic rings. The number of para-hydroxylation sites is 1. The molecule has 0 aromatic heterocycles. The van der Waals surface area contributed by atoms with Crippen molar-refractivity contribution in [1.82, 2.24) is 0 Å². The van der Waals surface area contributed by atoms with Gasteiger partial charge in [-0.15, -0.1) is 0 Å². The lowest BCUT2D eigenvalue weighted by molar-refractivity contribution is -0.297. The molecule has 0 heterocycles. The number of amides is 1. The third-order valence-corrected chi connectivity index (χ3v) is 3.02. The minimum absolute atomic E-state index is 0.181. The van der Waals surface area contributed by atoms with Crippen LogP contribution in [0.2, 0.25) is 0 Å². The SMILES string of the molecule is COc1cc(C=CC(=O)[O-])ccc1OCC(=O)Nc1ccccc1. The predicted molar refractivity (Wildman–Crippen MR) is 87.6 cm³/mol. The third-order valence-electron chi connectivity index (χ3n) is 3.02. The van der Waals surface area contributed by atoms with E-state index in [0.717, 1.165) is 6.08 Å². The van der Waals surface area contributed by atoms with E-state index in [0.29, 0.717) is 22.7 Å². The standard InChI is InChI=1S/C18H17NO5/c1-23-16-11-13(8-10-18(21)22)7-9-15(16)24-12-17(20)19-14-5-3-2-4-6-14/h2-11H,12H2,1H3,(H,19,20)(H,21,22)/p-1. The van der Waals surface area contributed by atoms with E-state index >= 15 is 0 Å². The number of carbonyl (C=O) groups is 2. The predicted octanol–water partition coefficient (Wildman–Crippen LogP) is 1.48. The van der Waals surface area contributed by atoms with Crippen molar-refractivity contribution in [2.24, 2.45) is 0 Å². The van der Waals surface area contributed by atoms with E-state index in [-0.39, 0.29) is 12.5 Å². The molecule has 6 heteroatoms. The van der Waals surface area contributed by atoms with Crippen LogP contribution in [-0.4, -0.2) is 25.6 Å². The Morgan fingerprint density at radius 1 is 1.12 bits per heavy atom. The van der Waals surface area contributed by atoms with Gasteiger partial charge in [0.1, 0.15) is 0 Å². The quantitative estimate of drug-likeness (QED) is 0.779. The molecule has 0 saturated heterocycles. The zero-order valence-electron chi connectivity index (χ0n) is 13.0. The van der Waals surface area contributed by atoms with Gasteiger partial charge in [-0.05, 0) is 35.9 Å². The van der Waals surface area contributed by atoms with Crippen LogP contribution in [0.25, 0.3) is 6.08 Å². The normalized spacial score (nSPS) is 10.4. The molecule has 0 fully saturated rings. The molecule has 0 atom stereocenters. The van der Waals surface area contributed by atoms with Gasteiger partial charge in [-0.3, -0.25) is 4.79 Å². The molecular weight excluding hydrogens is 310 g/mol. The Bertz CT molecular complexity index is 740. The number of anilines is 1. The fourth-order valence-corrected chi connectivity index (χ4v) is 1.93. The van der Waals surface area contributed by atoms with Crippen LogP contribution in [0.3, 0.4) is 0 Å². The minimum atomic E-state index is -1.29. The Hall–Kier alpha value is -3.28. The van der Waals surface area contributed by atoms with Gasteiger partial charge in [0.2, 0.25) is 0 Å². The summed E-state index contributed by atoms with van der Waals surface area (Å²) in [7, 11) is 1.46. The third kappa shape index (κ3) is 5.17. The van der Waals surface area contributed by atoms with Gasteiger partial charge in [-0.2, -0.15) is 0 Å². The number of benzene rings is 2. The lowest BCUT2D eigenvalue weighted by Crippen LogP contribution is -2.20. The second-order valence-corrected chi connectivity index (χ2v) is 4.77. The van der Waals surface area contributed by atoms with E-state index in [2.05, 4.69) is 5.32 Å². The number of aliphatic carboxylic acids is 1. The highest BCUT2D eigenvalue weighted by Crippen LogP contribution is 2.28. The summed E-state index contributed by atoms with van der Waals surface area (Å²) in [6.45, 7) is -0.181. The summed E-state index contributed by atoms with van der Waals surface area (Å²) in [5.74, 6) is -0.814. The molecule has 0 unspecified atom stereocenters. The highest BCUT2D eigenvalue weighted by Gasteiger charge is 2.08. The Kier molecular flexibility index (Phi) is 5.96. The molecule has 0 aliphatic rings. The summed E-state index contributed by atoms with van der Waals surface area (Å²) in [6, 6.07) is 13.9. The first-order chi connectivity index (χ1) is 11.6. The highest BCUT2D eigenvalue weighted by atomic mass is 16.5. The molecule has 2 rings (SSSR count). The fraction of sp³-hybridized carbons (Fsp3) is 0.111. The summed E-state index contributed by atoms with van der Waals surface area (Å²) in [5.41, 5.74) is 1.29. The lowest BCUT2D eigenvalue weighted by Gasteiger charge is -2.11. The van der Waals surface area contributed by atoms with Crippen LogP contribution in [-0.2, 0) is 9.59 Å². The van der Waals surface area contributed by atoms with Gasteiger partial charge in [0.25, 0.3) is 5.91 Å². The minimum Gasteiger partial charge on any atom is -0.545 e.